The van der Waals surface area contributed by atoms with Crippen molar-refractivity contribution in [2.45, 2.75) is 32.4 Å². The van der Waals surface area contributed by atoms with Crippen LogP contribution in [0, 0.1) is 0 Å². The van der Waals surface area contributed by atoms with Crippen molar-refractivity contribution in [2.24, 2.45) is 0 Å². The Morgan fingerprint density at radius 3 is 2.75 bits per heavy atom. The van der Waals surface area contributed by atoms with Gasteiger partial charge in [0.05, 0.1) is 24.9 Å². The summed E-state index contributed by atoms with van der Waals surface area (Å²) < 4.78 is 16.8. The molecule has 2 amide bonds. The van der Waals surface area contributed by atoms with Crippen molar-refractivity contribution >= 4 is 22.6 Å². The van der Waals surface area contributed by atoms with Crippen molar-refractivity contribution in [1.82, 2.24) is 14.8 Å². The van der Waals surface area contributed by atoms with Gasteiger partial charge in [0.25, 0.3) is 5.56 Å². The molecule has 36 heavy (non-hydrogen) atoms. The van der Waals surface area contributed by atoms with Gasteiger partial charge in [-0.3, -0.25) is 9.69 Å². The number of benzene rings is 2. The van der Waals surface area contributed by atoms with E-state index in [-0.39, 0.29) is 24.2 Å². The van der Waals surface area contributed by atoms with Gasteiger partial charge in [-0.2, -0.15) is 0 Å². The lowest BCUT2D eigenvalue weighted by molar-refractivity contribution is 0.172. The summed E-state index contributed by atoms with van der Waals surface area (Å²) in [7, 11) is 1.57. The van der Waals surface area contributed by atoms with Crippen molar-refractivity contribution in [3.05, 3.63) is 58.4 Å². The number of anilines is 1. The van der Waals surface area contributed by atoms with E-state index in [2.05, 4.69) is 22.1 Å². The van der Waals surface area contributed by atoms with Crippen molar-refractivity contribution in [1.29, 1.82) is 0 Å². The number of aromatic nitrogens is 1. The van der Waals surface area contributed by atoms with Crippen LogP contribution >= 0.6 is 0 Å². The quantitative estimate of drug-likeness (QED) is 0.521. The van der Waals surface area contributed by atoms with Crippen LogP contribution in [0.15, 0.2) is 47.3 Å². The standard InChI is InChI=1S/C27H32N4O5/c1-3-30-10-6-7-20(30)17-31(27(33)29-21-8-4-5-9-23(21)34-2)16-19-13-18-14-24-25(36-12-11-35-24)15-22(18)28-26(19)32/h4-5,8-9,13-15,20H,3,6-7,10-12,16-17H2,1-2H3,(H,28,32)(H,29,33)/t20-/m0/s1. The van der Waals surface area contributed by atoms with Crippen LogP contribution in [0.3, 0.4) is 0 Å². The number of likely N-dealkylation sites (N-methyl/N-ethyl adjacent to an activating group) is 1. The second-order valence-corrected chi connectivity index (χ2v) is 9.14. The number of methoxy groups -OCH3 is 1. The van der Waals surface area contributed by atoms with Crippen LogP contribution < -0.4 is 25.1 Å². The first kappa shape index (κ1) is 24.0. The van der Waals surface area contributed by atoms with Gasteiger partial charge in [-0.25, -0.2) is 4.79 Å². The van der Waals surface area contributed by atoms with Gasteiger partial charge in [-0.05, 0) is 50.2 Å². The highest BCUT2D eigenvalue weighted by Crippen LogP contribution is 2.34. The van der Waals surface area contributed by atoms with Crippen molar-refractivity contribution in [3.8, 4) is 17.2 Å². The summed E-state index contributed by atoms with van der Waals surface area (Å²) >= 11 is 0. The number of carbonyl (C=O) groups is 1. The number of hydrogen-bond donors (Lipinski definition) is 2. The third-order valence-electron chi connectivity index (χ3n) is 6.92. The zero-order valence-electron chi connectivity index (χ0n) is 20.7. The second kappa shape index (κ2) is 10.5. The third-order valence-corrected chi connectivity index (χ3v) is 6.92. The van der Waals surface area contributed by atoms with Gasteiger partial charge in [0.1, 0.15) is 19.0 Å². The summed E-state index contributed by atoms with van der Waals surface area (Å²) in [5.74, 6) is 1.86. The summed E-state index contributed by atoms with van der Waals surface area (Å²) in [5.41, 5.74) is 1.54. The highest BCUT2D eigenvalue weighted by Gasteiger charge is 2.28. The Balaban J connectivity index is 1.45. The molecule has 0 saturated carbocycles. The zero-order chi connectivity index (χ0) is 25.1. The van der Waals surface area contributed by atoms with Crippen LogP contribution in [0.25, 0.3) is 10.9 Å². The molecule has 0 spiro atoms. The molecule has 2 N–H and O–H groups in total. The lowest BCUT2D eigenvalue weighted by Crippen LogP contribution is -2.45. The Labute approximate surface area is 209 Å². The number of likely N-dealkylation sites (tertiary alicyclic amines) is 1. The van der Waals surface area contributed by atoms with E-state index >= 15 is 0 Å². The molecule has 0 bridgehead atoms. The van der Waals surface area contributed by atoms with E-state index < -0.39 is 0 Å². The van der Waals surface area contributed by atoms with Crippen LogP contribution in [0.5, 0.6) is 17.2 Å². The Morgan fingerprint density at radius 1 is 1.19 bits per heavy atom. The van der Waals surface area contributed by atoms with Gasteiger partial charge >= 0.3 is 6.03 Å². The van der Waals surface area contributed by atoms with E-state index in [0.29, 0.717) is 53.8 Å². The van der Waals surface area contributed by atoms with Crippen molar-refractivity contribution < 1.29 is 19.0 Å². The van der Waals surface area contributed by atoms with Crippen LogP contribution in [-0.2, 0) is 6.54 Å². The summed E-state index contributed by atoms with van der Waals surface area (Å²) in [6, 6.07) is 12.8. The number of nitrogens with one attached hydrogen (secondary N) is 2. The van der Waals surface area contributed by atoms with Crippen LogP contribution in [0.1, 0.15) is 25.3 Å². The fourth-order valence-electron chi connectivity index (χ4n) is 5.05. The SMILES string of the molecule is CCN1CCC[C@H]1CN(Cc1cc2cc3c(cc2[nH]c1=O)OCCO3)C(=O)Nc1ccccc1OC. The Hall–Kier alpha value is -3.72. The maximum absolute atomic E-state index is 13.5. The molecular weight excluding hydrogens is 460 g/mol. The minimum atomic E-state index is -0.274. The van der Waals surface area contributed by atoms with Crippen molar-refractivity contribution in [2.75, 3.05) is 45.3 Å². The molecule has 1 atom stereocenters. The lowest BCUT2D eigenvalue weighted by Gasteiger charge is -2.30. The Morgan fingerprint density at radius 2 is 1.97 bits per heavy atom. The molecule has 2 aliphatic heterocycles. The average molecular weight is 493 g/mol. The predicted molar refractivity (Wildman–Crippen MR) is 138 cm³/mol. The number of amides is 2. The number of ether oxygens (including phenoxy) is 3. The maximum atomic E-state index is 13.5. The number of para-hydroxylation sites is 2. The van der Waals surface area contributed by atoms with E-state index in [1.54, 1.807) is 30.2 Å². The number of urea groups is 1. The molecule has 1 saturated heterocycles. The molecule has 0 unspecified atom stereocenters. The first-order valence-electron chi connectivity index (χ1n) is 12.4. The number of aromatic amines is 1. The smallest absolute Gasteiger partial charge is 0.322 e. The Kier molecular flexibility index (Phi) is 6.99. The lowest BCUT2D eigenvalue weighted by atomic mass is 10.1. The monoisotopic (exact) mass is 492 g/mol. The first-order valence-corrected chi connectivity index (χ1v) is 12.4. The fourth-order valence-corrected chi connectivity index (χ4v) is 5.05. The fraction of sp³-hybridized carbons (Fsp3) is 0.407. The van der Waals surface area contributed by atoms with E-state index in [0.717, 1.165) is 31.3 Å². The molecular formula is C27H32N4O5. The van der Waals surface area contributed by atoms with Crippen LogP contribution in [-0.4, -0.2) is 66.8 Å². The summed E-state index contributed by atoms with van der Waals surface area (Å²) in [6.07, 6.45) is 2.12. The molecule has 3 heterocycles. The molecule has 2 aliphatic rings. The van der Waals surface area contributed by atoms with E-state index in [4.69, 9.17) is 14.2 Å². The molecule has 0 aliphatic carbocycles. The number of carbonyl (C=O) groups excluding carboxylic acids is 1. The molecule has 9 heteroatoms. The van der Waals surface area contributed by atoms with E-state index in [1.807, 2.05) is 24.3 Å². The second-order valence-electron chi connectivity index (χ2n) is 9.14. The van der Waals surface area contributed by atoms with Gasteiger partial charge in [0.15, 0.2) is 11.5 Å². The molecule has 1 fully saturated rings. The number of rotatable bonds is 7. The maximum Gasteiger partial charge on any atom is 0.322 e. The topological polar surface area (TPSA) is 96.1 Å². The number of hydrogen-bond acceptors (Lipinski definition) is 6. The third kappa shape index (κ3) is 4.97. The van der Waals surface area contributed by atoms with Crippen LogP contribution in [0.4, 0.5) is 10.5 Å². The number of pyridine rings is 1. The molecule has 1 aromatic heterocycles. The van der Waals surface area contributed by atoms with Crippen LogP contribution in [0.2, 0.25) is 0 Å². The summed E-state index contributed by atoms with van der Waals surface area (Å²) in [4.78, 5) is 33.6. The van der Waals surface area contributed by atoms with Gasteiger partial charge in [-0.15, -0.1) is 0 Å². The van der Waals surface area contributed by atoms with E-state index in [1.165, 1.54) is 0 Å². The predicted octanol–water partition coefficient (Wildman–Crippen LogP) is 3.83. The molecule has 5 rings (SSSR count). The van der Waals surface area contributed by atoms with Gasteiger partial charge in [0, 0.05) is 29.6 Å². The van der Waals surface area contributed by atoms with Gasteiger partial charge in [-0.1, -0.05) is 19.1 Å². The summed E-state index contributed by atoms with van der Waals surface area (Å²) in [6.45, 7) is 5.75. The number of H-pyrrole nitrogens is 1. The molecule has 0 radical (unpaired) electrons. The minimum absolute atomic E-state index is 0.175. The van der Waals surface area contributed by atoms with Gasteiger partial charge < -0.3 is 29.4 Å². The molecule has 3 aromatic rings. The van der Waals surface area contributed by atoms with Crippen molar-refractivity contribution in [3.63, 3.8) is 0 Å². The first-order chi connectivity index (χ1) is 17.6. The highest BCUT2D eigenvalue weighted by molar-refractivity contribution is 5.91. The molecule has 190 valence electrons. The van der Waals surface area contributed by atoms with E-state index in [9.17, 15) is 9.59 Å². The highest BCUT2D eigenvalue weighted by atomic mass is 16.6. The Bertz CT molecular complexity index is 1310. The molecule has 9 nitrogen and oxygen atoms in total. The largest absolute Gasteiger partial charge is 0.495 e. The minimum Gasteiger partial charge on any atom is -0.495 e. The molecule has 2 aromatic carbocycles. The average Bonchev–Trinajstić information content (AvgIpc) is 3.35. The van der Waals surface area contributed by atoms with Gasteiger partial charge in [0.2, 0.25) is 0 Å². The zero-order valence-corrected chi connectivity index (χ0v) is 20.7. The number of fused-ring (bicyclic) bond motifs is 2. The summed E-state index contributed by atoms with van der Waals surface area (Å²) in [5, 5.41) is 3.81. The number of nitrogens with zero attached hydrogens (tertiary/aromatic N) is 2. The normalized spacial score (nSPS) is 17.2.